The molecule has 0 atom stereocenters. The Morgan fingerprint density at radius 1 is 1.18 bits per heavy atom. The van der Waals surface area contributed by atoms with Crippen molar-refractivity contribution in [1.82, 2.24) is 4.98 Å². The Kier molecular flexibility index (Phi) is 3.49. The van der Waals surface area contributed by atoms with Gasteiger partial charge in [-0.1, -0.05) is 6.07 Å². The minimum absolute atomic E-state index is 0.295. The fourth-order valence-electron chi connectivity index (χ4n) is 1.26. The van der Waals surface area contributed by atoms with Crippen molar-refractivity contribution in [2.75, 3.05) is 5.32 Å². The van der Waals surface area contributed by atoms with E-state index in [4.69, 9.17) is 0 Å². The van der Waals surface area contributed by atoms with Crippen LogP contribution in [0.15, 0.2) is 47.1 Å². The molecular weight excluding hydrogens is 287 g/mol. The Morgan fingerprint density at radius 3 is 2.53 bits per heavy atom. The molecule has 1 aromatic carbocycles. The summed E-state index contributed by atoms with van der Waals surface area (Å²) in [5.74, 6) is -0.679. The summed E-state index contributed by atoms with van der Waals surface area (Å²) in [6, 6.07) is 10.6. The van der Waals surface area contributed by atoms with Gasteiger partial charge in [0.25, 0.3) is 5.91 Å². The van der Waals surface area contributed by atoms with Gasteiger partial charge in [0, 0.05) is 5.69 Å². The minimum atomic E-state index is -0.344. The molecule has 0 aliphatic carbocycles. The number of nitrogens with one attached hydrogen (secondary N) is 1. The Morgan fingerprint density at radius 2 is 1.88 bits per heavy atom. The molecule has 0 aliphatic heterocycles. The summed E-state index contributed by atoms with van der Waals surface area (Å²) in [7, 11) is 0. The zero-order valence-electron chi connectivity index (χ0n) is 8.65. The van der Waals surface area contributed by atoms with Gasteiger partial charge < -0.3 is 5.32 Å². The van der Waals surface area contributed by atoms with Gasteiger partial charge in [-0.2, -0.15) is 0 Å². The van der Waals surface area contributed by atoms with Gasteiger partial charge in [-0.3, -0.25) is 4.79 Å². The smallest absolute Gasteiger partial charge is 0.274 e. The van der Waals surface area contributed by atoms with Crippen LogP contribution in [0, 0.1) is 5.82 Å². The molecule has 0 saturated carbocycles. The number of anilines is 1. The summed E-state index contributed by atoms with van der Waals surface area (Å²) in [6.07, 6.45) is 0. The van der Waals surface area contributed by atoms with E-state index in [2.05, 4.69) is 26.2 Å². The number of hydrogen-bond acceptors (Lipinski definition) is 2. The maximum atomic E-state index is 12.7. The fourth-order valence-corrected chi connectivity index (χ4v) is 1.61. The van der Waals surface area contributed by atoms with Crippen molar-refractivity contribution < 1.29 is 9.18 Å². The molecule has 17 heavy (non-hydrogen) atoms. The van der Waals surface area contributed by atoms with Crippen molar-refractivity contribution in [2.45, 2.75) is 0 Å². The number of benzene rings is 1. The van der Waals surface area contributed by atoms with Gasteiger partial charge in [-0.25, -0.2) is 9.37 Å². The van der Waals surface area contributed by atoms with Gasteiger partial charge in [0.2, 0.25) is 0 Å². The molecule has 0 spiro atoms. The van der Waals surface area contributed by atoms with Gasteiger partial charge >= 0.3 is 0 Å². The van der Waals surface area contributed by atoms with Crippen LogP contribution in [0.5, 0.6) is 0 Å². The van der Waals surface area contributed by atoms with E-state index in [-0.39, 0.29) is 11.7 Å². The number of halogens is 2. The summed E-state index contributed by atoms with van der Waals surface area (Å²) in [5, 5.41) is 2.62. The van der Waals surface area contributed by atoms with E-state index in [1.165, 1.54) is 24.3 Å². The third-order valence-corrected chi connectivity index (χ3v) is 2.49. The topological polar surface area (TPSA) is 42.0 Å². The van der Waals surface area contributed by atoms with Crippen LogP contribution in [0.3, 0.4) is 0 Å². The normalized spacial score (nSPS) is 10.0. The molecule has 0 unspecified atom stereocenters. The molecule has 2 aromatic rings. The molecule has 1 heterocycles. The second-order valence-electron chi connectivity index (χ2n) is 3.31. The number of carbonyl (C=O) groups excluding carboxylic acids is 1. The van der Waals surface area contributed by atoms with E-state index in [1.54, 1.807) is 18.2 Å². The first-order valence-corrected chi connectivity index (χ1v) is 5.64. The van der Waals surface area contributed by atoms with Gasteiger partial charge in [-0.15, -0.1) is 0 Å². The predicted molar refractivity (Wildman–Crippen MR) is 66.3 cm³/mol. The van der Waals surface area contributed by atoms with E-state index >= 15 is 0 Å². The monoisotopic (exact) mass is 294 g/mol. The third-order valence-electron chi connectivity index (χ3n) is 2.05. The van der Waals surface area contributed by atoms with Crippen molar-refractivity contribution in [1.29, 1.82) is 0 Å². The first kappa shape index (κ1) is 11.7. The molecule has 86 valence electrons. The number of nitrogens with zero attached hydrogens (tertiary/aromatic N) is 1. The van der Waals surface area contributed by atoms with E-state index < -0.39 is 0 Å². The van der Waals surface area contributed by atoms with Gasteiger partial charge in [0.15, 0.2) is 0 Å². The maximum Gasteiger partial charge on any atom is 0.274 e. The Bertz CT molecular complexity index is 542. The zero-order valence-corrected chi connectivity index (χ0v) is 10.2. The molecule has 5 heteroatoms. The second kappa shape index (κ2) is 5.05. The molecule has 2 rings (SSSR count). The fraction of sp³-hybridized carbons (Fsp3) is 0. The molecule has 0 aliphatic rings. The largest absolute Gasteiger partial charge is 0.321 e. The lowest BCUT2D eigenvalue weighted by molar-refractivity contribution is 0.102. The molecule has 1 aromatic heterocycles. The quantitative estimate of drug-likeness (QED) is 0.864. The standard InChI is InChI=1S/C12H8BrFN2O/c13-11-3-1-2-10(16-11)12(17)15-9-6-4-8(14)5-7-9/h1-7H,(H,15,17). The minimum Gasteiger partial charge on any atom is -0.321 e. The van der Waals surface area contributed by atoms with Crippen LogP contribution in [-0.2, 0) is 0 Å². The molecule has 0 saturated heterocycles. The number of amides is 1. The molecular formula is C12H8BrFN2O. The van der Waals surface area contributed by atoms with E-state index in [0.29, 0.717) is 16.0 Å². The zero-order chi connectivity index (χ0) is 12.3. The maximum absolute atomic E-state index is 12.7. The summed E-state index contributed by atoms with van der Waals surface area (Å²) >= 11 is 3.18. The van der Waals surface area contributed by atoms with Crippen LogP contribution in [0.1, 0.15) is 10.5 Å². The van der Waals surface area contributed by atoms with Crippen LogP contribution >= 0.6 is 15.9 Å². The van der Waals surface area contributed by atoms with Crippen molar-refractivity contribution in [3.05, 3.63) is 58.6 Å². The molecule has 1 N–H and O–H groups in total. The number of pyridine rings is 1. The van der Waals surface area contributed by atoms with Crippen LogP contribution in [-0.4, -0.2) is 10.9 Å². The van der Waals surface area contributed by atoms with Crippen LogP contribution < -0.4 is 5.32 Å². The average molecular weight is 295 g/mol. The highest BCUT2D eigenvalue weighted by Crippen LogP contribution is 2.11. The SMILES string of the molecule is O=C(Nc1ccc(F)cc1)c1cccc(Br)n1. The number of rotatable bonds is 2. The summed E-state index contributed by atoms with van der Waals surface area (Å²) in [4.78, 5) is 15.8. The summed E-state index contributed by atoms with van der Waals surface area (Å²) in [6.45, 7) is 0. The summed E-state index contributed by atoms with van der Waals surface area (Å²) in [5.41, 5.74) is 0.821. The molecule has 0 radical (unpaired) electrons. The average Bonchev–Trinajstić information content (AvgIpc) is 2.32. The van der Waals surface area contributed by atoms with E-state index in [9.17, 15) is 9.18 Å². The predicted octanol–water partition coefficient (Wildman–Crippen LogP) is 3.24. The Labute approximate surface area is 106 Å². The van der Waals surface area contributed by atoms with Crippen molar-refractivity contribution in [3.8, 4) is 0 Å². The van der Waals surface area contributed by atoms with Crippen LogP contribution in [0.25, 0.3) is 0 Å². The van der Waals surface area contributed by atoms with Crippen molar-refractivity contribution in [3.63, 3.8) is 0 Å². The van der Waals surface area contributed by atoms with Crippen molar-refractivity contribution in [2.24, 2.45) is 0 Å². The lowest BCUT2D eigenvalue weighted by Crippen LogP contribution is -2.13. The Hall–Kier alpha value is -1.75. The number of hydrogen-bond donors (Lipinski definition) is 1. The highest BCUT2D eigenvalue weighted by atomic mass is 79.9. The van der Waals surface area contributed by atoms with Crippen LogP contribution in [0.4, 0.5) is 10.1 Å². The van der Waals surface area contributed by atoms with Gasteiger partial charge in [-0.05, 0) is 52.3 Å². The van der Waals surface area contributed by atoms with E-state index in [0.717, 1.165) is 0 Å². The Balaban J connectivity index is 2.14. The highest BCUT2D eigenvalue weighted by Gasteiger charge is 2.07. The third kappa shape index (κ3) is 3.10. The van der Waals surface area contributed by atoms with Crippen LogP contribution in [0.2, 0.25) is 0 Å². The summed E-state index contributed by atoms with van der Waals surface area (Å²) < 4.78 is 13.3. The lowest BCUT2D eigenvalue weighted by atomic mass is 10.3. The molecule has 3 nitrogen and oxygen atoms in total. The first-order chi connectivity index (χ1) is 8.15. The molecule has 1 amide bonds. The molecule has 0 bridgehead atoms. The molecule has 0 fully saturated rings. The lowest BCUT2D eigenvalue weighted by Gasteiger charge is -2.04. The highest BCUT2D eigenvalue weighted by molar-refractivity contribution is 9.10. The van der Waals surface area contributed by atoms with Crippen molar-refractivity contribution >= 4 is 27.5 Å². The van der Waals surface area contributed by atoms with Gasteiger partial charge in [0.05, 0.1) is 0 Å². The van der Waals surface area contributed by atoms with E-state index in [1.807, 2.05) is 0 Å². The number of aromatic nitrogens is 1. The number of carbonyl (C=O) groups is 1. The van der Waals surface area contributed by atoms with Gasteiger partial charge in [0.1, 0.15) is 16.1 Å². The second-order valence-corrected chi connectivity index (χ2v) is 4.12. The first-order valence-electron chi connectivity index (χ1n) is 4.84.